The summed E-state index contributed by atoms with van der Waals surface area (Å²) in [5, 5.41) is 11.0. The zero-order chi connectivity index (χ0) is 35.7. The molecular formula is C36H46N10O4S. The average molecular weight is 715 g/mol. The second kappa shape index (κ2) is 17.1. The molecule has 8 N–H and O–H groups in total. The van der Waals surface area contributed by atoms with Gasteiger partial charge in [-0.05, 0) is 54.8 Å². The zero-order valence-electron chi connectivity index (χ0n) is 28.8. The Labute approximate surface area is 301 Å². The number of hydrogen-bond acceptors (Lipinski definition) is 11. The molecule has 51 heavy (non-hydrogen) atoms. The van der Waals surface area contributed by atoms with Crippen molar-refractivity contribution in [3.05, 3.63) is 77.7 Å². The quantitative estimate of drug-likeness (QED) is 0.161. The predicted octanol–water partition coefficient (Wildman–Crippen LogP) is 1.29. The van der Waals surface area contributed by atoms with Crippen molar-refractivity contribution < 1.29 is 19.1 Å². The first-order valence-corrected chi connectivity index (χ1v) is 18.2. The summed E-state index contributed by atoms with van der Waals surface area (Å²) in [6.45, 7) is 3.36. The number of H-pyrrole nitrogens is 1. The molecule has 0 bridgehead atoms. The van der Waals surface area contributed by atoms with Crippen LogP contribution in [-0.4, -0.2) is 102 Å². The Kier molecular flexibility index (Phi) is 12.2. The van der Waals surface area contributed by atoms with Gasteiger partial charge in [-0.15, -0.1) is 0 Å². The number of fused-ring (bicyclic) bond motifs is 3. The smallest absolute Gasteiger partial charge is 0.246 e. The van der Waals surface area contributed by atoms with E-state index >= 15 is 0 Å². The molecule has 3 atom stereocenters. The Hall–Kier alpha value is -4.54. The van der Waals surface area contributed by atoms with Crippen LogP contribution < -0.4 is 32.3 Å². The number of aromatic amines is 1. The highest BCUT2D eigenvalue weighted by Gasteiger charge is 2.34. The lowest BCUT2D eigenvalue weighted by atomic mass is 10.0. The van der Waals surface area contributed by atoms with Gasteiger partial charge in [0, 0.05) is 67.8 Å². The molecule has 2 aliphatic rings. The lowest BCUT2D eigenvalue weighted by Gasteiger charge is -2.31. The third-order valence-electron chi connectivity index (χ3n) is 9.35. The average Bonchev–Trinajstić information content (AvgIpc) is 3.58. The number of amides is 3. The summed E-state index contributed by atoms with van der Waals surface area (Å²) in [4.78, 5) is 59.4. The number of morpholine rings is 1. The molecular weight excluding hydrogens is 669 g/mol. The molecule has 1 saturated heterocycles. The van der Waals surface area contributed by atoms with Gasteiger partial charge in [-0.25, -0.2) is 9.97 Å². The van der Waals surface area contributed by atoms with Crippen LogP contribution in [0.15, 0.2) is 70.8 Å². The number of hydrogen-bond donors (Lipinski definition) is 6. The third kappa shape index (κ3) is 8.68. The van der Waals surface area contributed by atoms with Gasteiger partial charge in [0.05, 0.1) is 31.5 Å². The van der Waals surface area contributed by atoms with E-state index in [9.17, 15) is 14.4 Å². The van der Waals surface area contributed by atoms with Crippen molar-refractivity contribution in [3.63, 3.8) is 0 Å². The number of nitrogens with one attached hydrogen (secondary N) is 4. The predicted molar refractivity (Wildman–Crippen MR) is 196 cm³/mol. The van der Waals surface area contributed by atoms with E-state index in [1.165, 1.54) is 16.7 Å². The highest BCUT2D eigenvalue weighted by atomic mass is 32.2. The molecule has 15 heteroatoms. The van der Waals surface area contributed by atoms with Crippen LogP contribution in [0.1, 0.15) is 29.7 Å². The van der Waals surface area contributed by atoms with Crippen molar-refractivity contribution >= 4 is 46.2 Å². The van der Waals surface area contributed by atoms with Crippen LogP contribution >= 0.6 is 11.8 Å². The number of aromatic nitrogens is 3. The van der Waals surface area contributed by atoms with Crippen LogP contribution in [0.5, 0.6) is 0 Å². The lowest BCUT2D eigenvalue weighted by Crippen LogP contribution is -2.59. The van der Waals surface area contributed by atoms with Gasteiger partial charge < -0.3 is 46.9 Å². The molecule has 5 heterocycles. The van der Waals surface area contributed by atoms with Crippen LogP contribution in [0.3, 0.4) is 0 Å². The van der Waals surface area contributed by atoms with Crippen LogP contribution in [-0.2, 0) is 38.6 Å². The minimum absolute atomic E-state index is 0.115. The normalized spacial score (nSPS) is 21.1. The van der Waals surface area contributed by atoms with E-state index in [4.69, 9.17) is 21.2 Å². The second-order valence-electron chi connectivity index (χ2n) is 12.7. The van der Waals surface area contributed by atoms with E-state index in [2.05, 4.69) is 30.8 Å². The van der Waals surface area contributed by atoms with Crippen LogP contribution in [0.2, 0.25) is 0 Å². The SMILES string of the molecule is CN1C(=O)[C@H](CN)NC(=O)[C@H](CCCN)NCc2cccnc2Sc2ccc(N3CCOCC3)nc2CNC(=O)[C@@H]1Cc1c[nH]c2ccccc12. The van der Waals surface area contributed by atoms with Crippen LogP contribution in [0.4, 0.5) is 5.82 Å². The highest BCUT2D eigenvalue weighted by molar-refractivity contribution is 7.99. The maximum atomic E-state index is 14.3. The monoisotopic (exact) mass is 714 g/mol. The molecule has 0 spiro atoms. The minimum atomic E-state index is -1.05. The molecule has 2 aliphatic heterocycles. The Morgan fingerprint density at radius 3 is 2.61 bits per heavy atom. The fraction of sp³-hybridized carbons (Fsp3) is 0.417. The van der Waals surface area contributed by atoms with E-state index in [-0.39, 0.29) is 31.3 Å². The number of pyridine rings is 2. The zero-order valence-corrected chi connectivity index (χ0v) is 29.6. The molecule has 3 aromatic heterocycles. The molecule has 1 aromatic carbocycles. The van der Waals surface area contributed by atoms with E-state index in [0.717, 1.165) is 37.8 Å². The number of nitrogens with two attached hydrogens (primary N) is 2. The Morgan fingerprint density at radius 1 is 0.980 bits per heavy atom. The van der Waals surface area contributed by atoms with Crippen molar-refractivity contribution in [2.75, 3.05) is 51.3 Å². The molecule has 270 valence electrons. The number of carbonyl (C=O) groups excluding carboxylic acids is 3. The number of benzene rings is 1. The molecule has 0 radical (unpaired) electrons. The molecule has 0 unspecified atom stereocenters. The number of anilines is 1. The summed E-state index contributed by atoms with van der Waals surface area (Å²) in [5.41, 5.74) is 15.3. The molecule has 1 fully saturated rings. The first-order valence-electron chi connectivity index (χ1n) is 17.3. The summed E-state index contributed by atoms with van der Waals surface area (Å²) in [6, 6.07) is 13.0. The van der Waals surface area contributed by atoms with Gasteiger partial charge in [-0.2, -0.15) is 0 Å². The van der Waals surface area contributed by atoms with Gasteiger partial charge in [0.1, 0.15) is 22.9 Å². The van der Waals surface area contributed by atoms with Gasteiger partial charge in [0.15, 0.2) is 0 Å². The van der Waals surface area contributed by atoms with Gasteiger partial charge in [0.25, 0.3) is 0 Å². The molecule has 6 rings (SSSR count). The van der Waals surface area contributed by atoms with Crippen molar-refractivity contribution in [2.24, 2.45) is 11.5 Å². The number of nitrogens with zero attached hydrogens (tertiary/aromatic N) is 4. The molecule has 0 saturated carbocycles. The molecule has 14 nitrogen and oxygen atoms in total. The van der Waals surface area contributed by atoms with Gasteiger partial charge in [-0.3, -0.25) is 14.4 Å². The van der Waals surface area contributed by atoms with Gasteiger partial charge >= 0.3 is 0 Å². The number of ether oxygens (including phenoxy) is 1. The summed E-state index contributed by atoms with van der Waals surface area (Å²) >= 11 is 1.45. The summed E-state index contributed by atoms with van der Waals surface area (Å²) in [6.07, 6.45) is 4.87. The standard InChI is InChI=1S/C36H46N10O4S/c1-45-30(18-24-21-40-26-8-3-2-7-25(24)26)34(48)42-22-29-31(10-11-32(43-29)46-14-16-50-17-15-46)51-35-23(6-5-13-39-35)20-41-27(9-4-12-37)33(47)44-28(19-38)36(45)49/h2-3,5-8,10-11,13,21,27-28,30,40-41H,4,9,12,14-20,22,37-38H2,1H3,(H,42,48)(H,44,47)/t27-,28-,30-/m0/s1. The van der Waals surface area contributed by atoms with Crippen molar-refractivity contribution in [1.29, 1.82) is 0 Å². The highest BCUT2D eigenvalue weighted by Crippen LogP contribution is 2.32. The number of likely N-dealkylation sites (N-methyl/N-ethyl adjacent to an activating group) is 1. The summed E-state index contributed by atoms with van der Waals surface area (Å²) in [7, 11) is 1.58. The van der Waals surface area contributed by atoms with Crippen LogP contribution in [0.25, 0.3) is 10.9 Å². The maximum absolute atomic E-state index is 14.3. The lowest BCUT2D eigenvalue weighted by molar-refractivity contribution is -0.141. The van der Waals surface area contributed by atoms with Gasteiger partial charge in [-0.1, -0.05) is 36.0 Å². The number of para-hydroxylation sites is 1. The fourth-order valence-corrected chi connectivity index (χ4v) is 7.36. The van der Waals surface area contributed by atoms with Crippen molar-refractivity contribution in [2.45, 2.75) is 60.4 Å². The Bertz CT molecular complexity index is 1830. The van der Waals surface area contributed by atoms with E-state index in [1.807, 2.05) is 54.7 Å². The molecule has 4 aromatic rings. The first kappa shape index (κ1) is 36.3. The van der Waals surface area contributed by atoms with E-state index in [0.29, 0.717) is 57.9 Å². The van der Waals surface area contributed by atoms with E-state index in [1.54, 1.807) is 13.2 Å². The third-order valence-corrected chi connectivity index (χ3v) is 10.5. The van der Waals surface area contributed by atoms with Crippen molar-refractivity contribution in [3.8, 4) is 0 Å². The number of carbonyl (C=O) groups is 3. The molecule has 0 aliphatic carbocycles. The Balaban J connectivity index is 1.39. The summed E-state index contributed by atoms with van der Waals surface area (Å²) < 4.78 is 5.56. The molecule has 3 amide bonds. The largest absolute Gasteiger partial charge is 0.378 e. The topological polar surface area (TPSA) is 197 Å². The first-order chi connectivity index (χ1) is 24.9. The van der Waals surface area contributed by atoms with Crippen LogP contribution in [0, 0.1) is 0 Å². The Morgan fingerprint density at radius 2 is 1.80 bits per heavy atom. The minimum Gasteiger partial charge on any atom is -0.378 e. The van der Waals surface area contributed by atoms with Crippen molar-refractivity contribution in [1.82, 2.24) is 35.8 Å². The maximum Gasteiger partial charge on any atom is 0.246 e. The fourth-order valence-electron chi connectivity index (χ4n) is 6.40. The number of rotatable bonds is 7. The van der Waals surface area contributed by atoms with Gasteiger partial charge in [0.2, 0.25) is 17.7 Å². The van der Waals surface area contributed by atoms with E-state index < -0.39 is 24.0 Å². The summed E-state index contributed by atoms with van der Waals surface area (Å²) in [5.74, 6) is -0.406. The second-order valence-corrected chi connectivity index (χ2v) is 13.7.